The summed E-state index contributed by atoms with van der Waals surface area (Å²) < 4.78 is 29.7. The molecule has 8 nitrogen and oxygen atoms in total. The molecule has 2 heterocycles. The van der Waals surface area contributed by atoms with Crippen molar-refractivity contribution < 1.29 is 17.9 Å². The molecular formula is C24H24N4O4S2. The van der Waals surface area contributed by atoms with Gasteiger partial charge in [0.05, 0.1) is 30.9 Å². The van der Waals surface area contributed by atoms with Crippen molar-refractivity contribution in [3.8, 4) is 11.8 Å². The van der Waals surface area contributed by atoms with E-state index in [1.54, 1.807) is 19.2 Å². The minimum atomic E-state index is -3.14. The third kappa shape index (κ3) is 5.43. The van der Waals surface area contributed by atoms with Crippen molar-refractivity contribution in [3.05, 3.63) is 71.9 Å². The van der Waals surface area contributed by atoms with Crippen LogP contribution in [0.3, 0.4) is 0 Å². The van der Waals surface area contributed by atoms with E-state index in [0.29, 0.717) is 23.9 Å². The van der Waals surface area contributed by atoms with E-state index in [1.807, 2.05) is 53.4 Å². The van der Waals surface area contributed by atoms with Crippen molar-refractivity contribution >= 4 is 38.4 Å². The summed E-state index contributed by atoms with van der Waals surface area (Å²) in [4.78, 5) is 18.8. The number of carbonyl (C=O) groups excluding carboxylic acids is 1. The summed E-state index contributed by atoms with van der Waals surface area (Å²) >= 11 is 1.36. The highest BCUT2D eigenvalue weighted by Crippen LogP contribution is 2.41. The molecule has 0 aliphatic carbocycles. The monoisotopic (exact) mass is 496 g/mol. The summed E-state index contributed by atoms with van der Waals surface area (Å²) in [5.41, 5.74) is 1.75. The first-order valence-electron chi connectivity index (χ1n) is 10.7. The summed E-state index contributed by atoms with van der Waals surface area (Å²) in [6, 6.07) is 18.7. The summed E-state index contributed by atoms with van der Waals surface area (Å²) in [5.74, 6) is 0.292. The molecule has 34 heavy (non-hydrogen) atoms. The summed E-state index contributed by atoms with van der Waals surface area (Å²) in [6.07, 6.45) is 1.91. The Bertz CT molecular complexity index is 1250. The number of ether oxygens (including phenoxy) is 1. The molecule has 0 bridgehead atoms. The van der Waals surface area contributed by atoms with Gasteiger partial charge >= 0.3 is 0 Å². The van der Waals surface area contributed by atoms with Gasteiger partial charge < -0.3 is 15.0 Å². The van der Waals surface area contributed by atoms with Gasteiger partial charge in [0.2, 0.25) is 0 Å². The molecule has 0 aromatic heterocycles. The van der Waals surface area contributed by atoms with Crippen LogP contribution in [-0.2, 0) is 21.1 Å². The average molecular weight is 497 g/mol. The van der Waals surface area contributed by atoms with Crippen LogP contribution >= 0.6 is 11.8 Å². The lowest BCUT2D eigenvalue weighted by Gasteiger charge is -2.24. The van der Waals surface area contributed by atoms with Crippen LogP contribution in [0.25, 0.3) is 0 Å². The second kappa shape index (κ2) is 10.3. The molecule has 1 N–H and O–H groups in total. The lowest BCUT2D eigenvalue weighted by Crippen LogP contribution is -2.37. The maximum atomic E-state index is 12.5. The van der Waals surface area contributed by atoms with Crippen LogP contribution in [0.1, 0.15) is 5.56 Å². The molecule has 2 saturated heterocycles. The highest BCUT2D eigenvalue weighted by molar-refractivity contribution is 8.16. The van der Waals surface area contributed by atoms with Crippen molar-refractivity contribution in [2.45, 2.75) is 17.7 Å². The smallest absolute Gasteiger partial charge is 0.263 e. The average Bonchev–Trinajstić information content (AvgIpc) is 3.31. The number of hydrogen-bond acceptors (Lipinski definition) is 7. The van der Waals surface area contributed by atoms with Crippen molar-refractivity contribution in [1.29, 1.82) is 5.26 Å². The Balaban J connectivity index is 1.52. The largest absolute Gasteiger partial charge is 0.497 e. The zero-order valence-corrected chi connectivity index (χ0v) is 20.2. The van der Waals surface area contributed by atoms with Crippen LogP contribution in [0.5, 0.6) is 5.75 Å². The number of aliphatic imine (C=N–C) groups is 1. The molecule has 2 atom stereocenters. The van der Waals surface area contributed by atoms with E-state index in [-0.39, 0.29) is 28.4 Å². The van der Waals surface area contributed by atoms with Crippen LogP contribution in [0.15, 0.2) is 71.4 Å². The summed E-state index contributed by atoms with van der Waals surface area (Å²) in [7, 11) is -1.56. The van der Waals surface area contributed by atoms with Crippen molar-refractivity contribution in [3.63, 3.8) is 0 Å². The molecule has 10 heteroatoms. The fourth-order valence-electron chi connectivity index (χ4n) is 3.94. The van der Waals surface area contributed by atoms with Crippen molar-refractivity contribution in [2.75, 3.05) is 30.1 Å². The zero-order valence-electron chi connectivity index (χ0n) is 18.5. The van der Waals surface area contributed by atoms with Crippen molar-refractivity contribution in [2.24, 2.45) is 4.99 Å². The zero-order chi connectivity index (χ0) is 24.1. The predicted octanol–water partition coefficient (Wildman–Crippen LogP) is 2.54. The quantitative estimate of drug-likeness (QED) is 0.463. The molecule has 0 saturated carbocycles. The van der Waals surface area contributed by atoms with Crippen LogP contribution in [0.2, 0.25) is 0 Å². The van der Waals surface area contributed by atoms with Gasteiger partial charge in [-0.3, -0.25) is 4.79 Å². The Labute approximate surface area is 203 Å². The van der Waals surface area contributed by atoms with Gasteiger partial charge in [-0.1, -0.05) is 42.1 Å². The Hall–Kier alpha value is -3.29. The number of anilines is 1. The van der Waals surface area contributed by atoms with E-state index in [9.17, 15) is 18.5 Å². The van der Waals surface area contributed by atoms with Crippen molar-refractivity contribution in [1.82, 2.24) is 5.32 Å². The number of thioether (sulfide) groups is 1. The molecular weight excluding hydrogens is 472 g/mol. The first-order chi connectivity index (χ1) is 16.4. The molecule has 2 aliphatic heterocycles. The van der Waals surface area contributed by atoms with Gasteiger partial charge in [-0.25, -0.2) is 13.4 Å². The number of methoxy groups -OCH3 is 1. The van der Waals surface area contributed by atoms with E-state index in [1.165, 1.54) is 18.0 Å². The molecule has 2 aromatic rings. The van der Waals surface area contributed by atoms with Crippen LogP contribution in [0, 0.1) is 11.3 Å². The molecule has 0 radical (unpaired) electrons. The molecule has 176 valence electrons. The van der Waals surface area contributed by atoms with Gasteiger partial charge in [-0.2, -0.15) is 5.26 Å². The van der Waals surface area contributed by atoms with Gasteiger partial charge in [0.1, 0.15) is 17.4 Å². The molecule has 2 aliphatic rings. The number of nitrogens with zero attached hydrogens (tertiary/aromatic N) is 3. The van der Waals surface area contributed by atoms with Gasteiger partial charge in [-0.05, 0) is 36.2 Å². The van der Waals surface area contributed by atoms with E-state index < -0.39 is 15.7 Å². The number of amidine groups is 1. The summed E-state index contributed by atoms with van der Waals surface area (Å²) in [5, 5.41) is 12.6. The molecule has 2 fully saturated rings. The standard InChI is InChI=1S/C24H24N4O4S2/c1-32-20-9-7-19(8-10-20)28-21-15-34(30,31)16-22(21)33-24(28)27-14-18(13-25)23(29)26-12-11-17-5-3-2-4-6-17/h2-10,14,21-22H,11-12,15-16H2,1H3,(H,26,29). The van der Waals surface area contributed by atoms with Crippen LogP contribution in [-0.4, -0.2) is 55.9 Å². The number of hydrogen-bond donors (Lipinski definition) is 1. The minimum absolute atomic E-state index is 0.0323. The lowest BCUT2D eigenvalue weighted by molar-refractivity contribution is -0.117. The second-order valence-electron chi connectivity index (χ2n) is 7.93. The molecule has 2 aromatic carbocycles. The maximum Gasteiger partial charge on any atom is 0.263 e. The number of nitrogens with one attached hydrogen (secondary N) is 1. The fraction of sp³-hybridized carbons (Fsp3) is 0.292. The number of amides is 1. The highest BCUT2D eigenvalue weighted by atomic mass is 32.2. The van der Waals surface area contributed by atoms with Gasteiger partial charge in [0.25, 0.3) is 5.91 Å². The summed E-state index contributed by atoms with van der Waals surface area (Å²) in [6.45, 7) is 0.396. The Morgan fingerprint density at radius 3 is 2.65 bits per heavy atom. The topological polar surface area (TPSA) is 112 Å². The first-order valence-corrected chi connectivity index (χ1v) is 13.4. The highest BCUT2D eigenvalue weighted by Gasteiger charge is 2.49. The Morgan fingerprint density at radius 1 is 1.24 bits per heavy atom. The Morgan fingerprint density at radius 2 is 1.97 bits per heavy atom. The number of carbonyl (C=O) groups is 1. The number of nitriles is 1. The first kappa shape index (κ1) is 23.9. The van der Waals surface area contributed by atoms with Crippen LogP contribution in [0.4, 0.5) is 5.69 Å². The lowest BCUT2D eigenvalue weighted by atomic mass is 10.1. The van der Waals surface area contributed by atoms with Gasteiger partial charge in [0.15, 0.2) is 15.0 Å². The number of benzene rings is 2. The normalized spacial score (nSPS) is 22.3. The van der Waals surface area contributed by atoms with Gasteiger partial charge in [-0.15, -0.1) is 0 Å². The van der Waals surface area contributed by atoms with E-state index in [4.69, 9.17) is 4.74 Å². The number of rotatable bonds is 7. The van der Waals surface area contributed by atoms with Gasteiger partial charge in [0, 0.05) is 17.5 Å². The molecule has 4 rings (SSSR count). The maximum absolute atomic E-state index is 12.5. The third-order valence-electron chi connectivity index (χ3n) is 5.63. The molecule has 1 amide bonds. The van der Waals surface area contributed by atoms with Crippen LogP contribution < -0.4 is 15.0 Å². The number of fused-ring (bicyclic) bond motifs is 1. The minimum Gasteiger partial charge on any atom is -0.497 e. The molecule has 0 spiro atoms. The predicted molar refractivity (Wildman–Crippen MR) is 134 cm³/mol. The third-order valence-corrected chi connectivity index (χ3v) is 8.85. The fourth-order valence-corrected chi connectivity index (χ4v) is 7.83. The second-order valence-corrected chi connectivity index (χ2v) is 11.3. The molecule has 2 unspecified atom stereocenters. The van der Waals surface area contributed by atoms with E-state index in [2.05, 4.69) is 10.3 Å². The Kier molecular flexibility index (Phi) is 7.24. The van der Waals surface area contributed by atoms with E-state index in [0.717, 1.165) is 11.3 Å². The number of sulfone groups is 1. The van der Waals surface area contributed by atoms with E-state index >= 15 is 0 Å². The SMILES string of the molecule is COc1ccc(N2C(=NC=C(C#N)C(=O)NCCc3ccccc3)SC3CS(=O)(=O)CC32)cc1.